The molecular formula is C19H27N3O2S. The summed E-state index contributed by atoms with van der Waals surface area (Å²) in [7, 11) is 0. The minimum absolute atomic E-state index is 0.136. The first-order chi connectivity index (χ1) is 12.0. The summed E-state index contributed by atoms with van der Waals surface area (Å²) in [6, 6.07) is 4.18. The van der Waals surface area contributed by atoms with Crippen LogP contribution in [-0.2, 0) is 16.0 Å². The van der Waals surface area contributed by atoms with Crippen molar-refractivity contribution in [3.63, 3.8) is 0 Å². The van der Waals surface area contributed by atoms with Crippen molar-refractivity contribution >= 4 is 23.1 Å². The first-order valence-corrected chi connectivity index (χ1v) is 9.52. The van der Waals surface area contributed by atoms with Gasteiger partial charge in [0.25, 0.3) is 0 Å². The first kappa shape index (κ1) is 18.3. The van der Waals surface area contributed by atoms with E-state index in [2.05, 4.69) is 28.9 Å². The number of thiocarbonyl (C=S) groups is 1. The summed E-state index contributed by atoms with van der Waals surface area (Å²) in [6.45, 7) is 8.63. The van der Waals surface area contributed by atoms with Gasteiger partial charge in [0, 0.05) is 49.9 Å². The van der Waals surface area contributed by atoms with Gasteiger partial charge in [0.1, 0.15) is 0 Å². The van der Waals surface area contributed by atoms with E-state index in [0.29, 0.717) is 25.5 Å². The molecule has 6 heteroatoms. The number of amides is 1. The summed E-state index contributed by atoms with van der Waals surface area (Å²) in [5, 5.41) is 0. The summed E-state index contributed by atoms with van der Waals surface area (Å²) in [6.07, 6.45) is 2.48. The quantitative estimate of drug-likeness (QED) is 0.772. The number of nitrogens with zero attached hydrogens (tertiary/aromatic N) is 3. The molecule has 0 unspecified atom stereocenters. The monoisotopic (exact) mass is 361 g/mol. The SMILES string of the molecule is Cc1cc(C)nc(CC(=S)N2CCC(C(=O)N3CCOCC3)CC2)c1. The van der Waals surface area contributed by atoms with Gasteiger partial charge in [-0.25, -0.2) is 0 Å². The maximum atomic E-state index is 12.6. The zero-order valence-electron chi connectivity index (χ0n) is 15.2. The van der Waals surface area contributed by atoms with E-state index in [1.807, 2.05) is 11.8 Å². The fourth-order valence-electron chi connectivity index (χ4n) is 3.70. The number of rotatable bonds is 3. The maximum absolute atomic E-state index is 12.6. The van der Waals surface area contributed by atoms with Crippen molar-refractivity contribution in [3.8, 4) is 0 Å². The fourth-order valence-corrected chi connectivity index (χ4v) is 4.03. The molecule has 0 N–H and O–H groups in total. The van der Waals surface area contributed by atoms with Gasteiger partial charge >= 0.3 is 0 Å². The lowest BCUT2D eigenvalue weighted by molar-refractivity contribution is -0.140. The average Bonchev–Trinajstić information content (AvgIpc) is 2.61. The molecule has 3 heterocycles. The Kier molecular flexibility index (Phi) is 6.02. The average molecular weight is 362 g/mol. The molecule has 0 radical (unpaired) electrons. The zero-order valence-corrected chi connectivity index (χ0v) is 16.0. The Balaban J connectivity index is 1.51. The molecule has 0 saturated carbocycles. The van der Waals surface area contributed by atoms with Crippen LogP contribution in [0.1, 0.15) is 29.8 Å². The summed E-state index contributed by atoms with van der Waals surface area (Å²) < 4.78 is 5.33. The number of carbonyl (C=O) groups excluding carboxylic acids is 1. The van der Waals surface area contributed by atoms with Gasteiger partial charge in [-0.3, -0.25) is 9.78 Å². The highest BCUT2D eigenvalue weighted by molar-refractivity contribution is 7.80. The Morgan fingerprint density at radius 2 is 1.84 bits per heavy atom. The molecule has 5 nitrogen and oxygen atoms in total. The fraction of sp³-hybridized carbons (Fsp3) is 0.632. The number of piperidine rings is 1. The van der Waals surface area contributed by atoms with Gasteiger partial charge in [0.2, 0.25) is 5.91 Å². The van der Waals surface area contributed by atoms with Crippen molar-refractivity contribution in [2.45, 2.75) is 33.1 Å². The second-order valence-electron chi connectivity index (χ2n) is 7.05. The number of hydrogen-bond acceptors (Lipinski definition) is 4. The predicted molar refractivity (Wildman–Crippen MR) is 102 cm³/mol. The van der Waals surface area contributed by atoms with Crippen LogP contribution in [0.2, 0.25) is 0 Å². The molecule has 0 spiro atoms. The van der Waals surface area contributed by atoms with Crippen LogP contribution in [0.4, 0.5) is 0 Å². The minimum Gasteiger partial charge on any atom is -0.378 e. The smallest absolute Gasteiger partial charge is 0.225 e. The van der Waals surface area contributed by atoms with E-state index in [9.17, 15) is 4.79 Å². The standard InChI is InChI=1S/C19H27N3O2S/c1-14-11-15(2)20-17(12-14)13-18(25)21-5-3-16(4-6-21)19(23)22-7-9-24-10-8-22/h11-12,16H,3-10,13H2,1-2H3. The van der Waals surface area contributed by atoms with Crippen LogP contribution >= 0.6 is 12.2 Å². The summed E-state index contributed by atoms with van der Waals surface area (Å²) in [5.41, 5.74) is 3.29. The molecular weight excluding hydrogens is 334 g/mol. The highest BCUT2D eigenvalue weighted by Crippen LogP contribution is 2.21. The van der Waals surface area contributed by atoms with E-state index in [1.54, 1.807) is 0 Å². The van der Waals surface area contributed by atoms with Crippen molar-refractivity contribution in [2.75, 3.05) is 39.4 Å². The normalized spacial score (nSPS) is 19.1. The number of ether oxygens (including phenoxy) is 1. The maximum Gasteiger partial charge on any atom is 0.225 e. The number of morpholine rings is 1. The lowest BCUT2D eigenvalue weighted by atomic mass is 9.95. The second kappa shape index (κ2) is 8.23. The summed E-state index contributed by atoms with van der Waals surface area (Å²) >= 11 is 5.65. The summed E-state index contributed by atoms with van der Waals surface area (Å²) in [4.78, 5) is 22.3. The van der Waals surface area contributed by atoms with E-state index >= 15 is 0 Å². The number of pyridine rings is 1. The molecule has 0 aromatic carbocycles. The molecule has 1 aromatic heterocycles. The first-order valence-electron chi connectivity index (χ1n) is 9.11. The molecule has 2 aliphatic rings. The van der Waals surface area contributed by atoms with E-state index in [0.717, 1.165) is 55.4 Å². The number of likely N-dealkylation sites (tertiary alicyclic amines) is 1. The van der Waals surface area contributed by atoms with Gasteiger partial charge in [-0.15, -0.1) is 0 Å². The molecule has 1 amide bonds. The van der Waals surface area contributed by atoms with E-state index in [1.165, 1.54) is 5.56 Å². The van der Waals surface area contributed by atoms with Crippen LogP contribution < -0.4 is 0 Å². The topological polar surface area (TPSA) is 45.7 Å². The Hall–Kier alpha value is -1.53. The number of hydrogen-bond donors (Lipinski definition) is 0. The van der Waals surface area contributed by atoms with E-state index in [-0.39, 0.29) is 5.92 Å². The van der Waals surface area contributed by atoms with Crippen molar-refractivity contribution in [1.82, 2.24) is 14.8 Å². The Bertz CT molecular complexity index is 615. The van der Waals surface area contributed by atoms with Crippen LogP contribution in [0.3, 0.4) is 0 Å². The zero-order chi connectivity index (χ0) is 17.8. The molecule has 2 fully saturated rings. The molecule has 0 bridgehead atoms. The lowest BCUT2D eigenvalue weighted by Gasteiger charge is -2.36. The van der Waals surface area contributed by atoms with Gasteiger partial charge in [-0.1, -0.05) is 12.2 Å². The molecule has 0 aliphatic carbocycles. The molecule has 2 saturated heterocycles. The Morgan fingerprint density at radius 1 is 1.16 bits per heavy atom. The predicted octanol–water partition coefficient (Wildman–Crippen LogP) is 2.14. The van der Waals surface area contributed by atoms with Crippen LogP contribution in [0.5, 0.6) is 0 Å². The van der Waals surface area contributed by atoms with Gasteiger partial charge in [0.05, 0.1) is 18.2 Å². The van der Waals surface area contributed by atoms with E-state index < -0.39 is 0 Å². The third-order valence-electron chi connectivity index (χ3n) is 5.00. The van der Waals surface area contributed by atoms with E-state index in [4.69, 9.17) is 17.0 Å². The highest BCUT2D eigenvalue weighted by Gasteiger charge is 2.30. The van der Waals surface area contributed by atoms with Gasteiger partial charge in [-0.2, -0.15) is 0 Å². The summed E-state index contributed by atoms with van der Waals surface area (Å²) in [5.74, 6) is 0.432. The lowest BCUT2D eigenvalue weighted by Crippen LogP contribution is -2.47. The third-order valence-corrected chi connectivity index (χ3v) is 5.41. The number of carbonyl (C=O) groups is 1. The minimum atomic E-state index is 0.136. The number of aryl methyl sites for hydroxylation is 2. The van der Waals surface area contributed by atoms with Gasteiger partial charge in [0.15, 0.2) is 0 Å². The largest absolute Gasteiger partial charge is 0.378 e. The second-order valence-corrected chi connectivity index (χ2v) is 7.52. The van der Waals surface area contributed by atoms with Crippen molar-refractivity contribution in [3.05, 3.63) is 29.1 Å². The van der Waals surface area contributed by atoms with Crippen molar-refractivity contribution in [1.29, 1.82) is 0 Å². The molecule has 136 valence electrons. The van der Waals surface area contributed by atoms with Crippen LogP contribution in [0.15, 0.2) is 12.1 Å². The van der Waals surface area contributed by atoms with Crippen LogP contribution in [0.25, 0.3) is 0 Å². The van der Waals surface area contributed by atoms with Gasteiger partial charge in [-0.05, 0) is 44.4 Å². The Morgan fingerprint density at radius 3 is 2.48 bits per heavy atom. The van der Waals surface area contributed by atoms with Crippen LogP contribution in [-0.4, -0.2) is 65.1 Å². The van der Waals surface area contributed by atoms with Crippen molar-refractivity contribution < 1.29 is 9.53 Å². The molecule has 25 heavy (non-hydrogen) atoms. The van der Waals surface area contributed by atoms with Crippen LogP contribution in [0, 0.1) is 19.8 Å². The van der Waals surface area contributed by atoms with Crippen molar-refractivity contribution in [2.24, 2.45) is 5.92 Å². The molecule has 1 aromatic rings. The number of aromatic nitrogens is 1. The van der Waals surface area contributed by atoms with Gasteiger partial charge < -0.3 is 14.5 Å². The molecule has 0 atom stereocenters. The molecule has 3 rings (SSSR count). The Labute approximate surface area is 155 Å². The highest BCUT2D eigenvalue weighted by atomic mass is 32.1. The molecule has 2 aliphatic heterocycles. The third kappa shape index (κ3) is 4.76.